The van der Waals surface area contributed by atoms with Crippen molar-refractivity contribution in [2.75, 3.05) is 0 Å². The molecule has 0 amide bonds. The standard InChI is InChI=1S/C15H12BrFO3S/c16-13-6-5-12(14(17)7-13)9-21(20)8-10-1-3-11(4-2-10)15(18)19/h1-7H,8-9H2,(H,18,19). The van der Waals surface area contributed by atoms with Gasteiger partial charge < -0.3 is 5.11 Å². The van der Waals surface area contributed by atoms with Crippen molar-refractivity contribution in [2.24, 2.45) is 0 Å². The molecule has 6 heteroatoms. The summed E-state index contributed by atoms with van der Waals surface area (Å²) in [6.07, 6.45) is 0. The summed E-state index contributed by atoms with van der Waals surface area (Å²) in [5, 5.41) is 8.80. The third kappa shape index (κ3) is 4.47. The second kappa shape index (κ2) is 6.95. The fourth-order valence-electron chi connectivity index (χ4n) is 1.79. The van der Waals surface area contributed by atoms with E-state index in [0.717, 1.165) is 5.56 Å². The Kier molecular flexibility index (Phi) is 5.25. The summed E-state index contributed by atoms with van der Waals surface area (Å²) in [5.74, 6) is -1.01. The van der Waals surface area contributed by atoms with Crippen LogP contribution in [0.5, 0.6) is 0 Å². The van der Waals surface area contributed by atoms with Gasteiger partial charge in [0.2, 0.25) is 0 Å². The molecule has 2 aromatic carbocycles. The zero-order chi connectivity index (χ0) is 15.4. The van der Waals surface area contributed by atoms with Crippen LogP contribution >= 0.6 is 15.9 Å². The smallest absolute Gasteiger partial charge is 0.335 e. The average molecular weight is 371 g/mol. The van der Waals surface area contributed by atoms with Crippen LogP contribution in [0.1, 0.15) is 21.5 Å². The Morgan fingerprint density at radius 3 is 2.38 bits per heavy atom. The number of carboxylic acids is 1. The molecule has 0 saturated carbocycles. The van der Waals surface area contributed by atoms with Gasteiger partial charge in [0.05, 0.1) is 11.3 Å². The van der Waals surface area contributed by atoms with Gasteiger partial charge in [-0.05, 0) is 29.8 Å². The summed E-state index contributed by atoms with van der Waals surface area (Å²) in [7, 11) is -1.26. The molecule has 0 aliphatic carbocycles. The number of benzene rings is 2. The molecule has 0 fully saturated rings. The molecular weight excluding hydrogens is 359 g/mol. The van der Waals surface area contributed by atoms with E-state index in [4.69, 9.17) is 5.11 Å². The maximum atomic E-state index is 13.7. The predicted molar refractivity (Wildman–Crippen MR) is 83.1 cm³/mol. The fraction of sp³-hybridized carbons (Fsp3) is 0.133. The minimum Gasteiger partial charge on any atom is -0.478 e. The highest BCUT2D eigenvalue weighted by molar-refractivity contribution is 9.10. The SMILES string of the molecule is O=C(O)c1ccc(CS(=O)Cc2ccc(Br)cc2F)cc1. The Hall–Kier alpha value is -1.53. The third-order valence-corrected chi connectivity index (χ3v) is 4.64. The second-order valence-corrected chi connectivity index (χ2v) is 6.84. The molecule has 0 radical (unpaired) electrons. The fourth-order valence-corrected chi connectivity index (χ4v) is 3.37. The van der Waals surface area contributed by atoms with Crippen molar-refractivity contribution in [3.8, 4) is 0 Å². The maximum absolute atomic E-state index is 13.7. The number of carboxylic acid groups (broad SMARTS) is 1. The number of carbonyl (C=O) groups is 1. The van der Waals surface area contributed by atoms with Crippen LogP contribution in [-0.4, -0.2) is 15.3 Å². The molecule has 0 bridgehead atoms. The van der Waals surface area contributed by atoms with E-state index >= 15 is 0 Å². The molecule has 0 heterocycles. The molecule has 2 rings (SSSR count). The first kappa shape index (κ1) is 15.9. The molecule has 1 atom stereocenters. The number of hydrogen-bond acceptors (Lipinski definition) is 2. The van der Waals surface area contributed by atoms with Gasteiger partial charge in [-0.2, -0.15) is 0 Å². The van der Waals surface area contributed by atoms with Crippen molar-refractivity contribution in [2.45, 2.75) is 11.5 Å². The third-order valence-electron chi connectivity index (χ3n) is 2.86. The number of hydrogen-bond donors (Lipinski definition) is 1. The van der Waals surface area contributed by atoms with Gasteiger partial charge in [0.15, 0.2) is 0 Å². The normalized spacial score (nSPS) is 12.1. The summed E-state index contributed by atoms with van der Waals surface area (Å²) in [5.41, 5.74) is 1.35. The van der Waals surface area contributed by atoms with Gasteiger partial charge in [-0.15, -0.1) is 0 Å². The van der Waals surface area contributed by atoms with Crippen LogP contribution in [0.2, 0.25) is 0 Å². The van der Waals surface area contributed by atoms with Crippen LogP contribution in [0.25, 0.3) is 0 Å². The number of aromatic carboxylic acids is 1. The molecule has 2 aromatic rings. The molecule has 0 aromatic heterocycles. The van der Waals surface area contributed by atoms with Crippen LogP contribution in [0, 0.1) is 5.82 Å². The van der Waals surface area contributed by atoms with Gasteiger partial charge in [0.25, 0.3) is 0 Å². The molecule has 21 heavy (non-hydrogen) atoms. The van der Waals surface area contributed by atoms with Crippen molar-refractivity contribution in [3.05, 3.63) is 69.4 Å². The summed E-state index contributed by atoms with van der Waals surface area (Å²) in [6, 6.07) is 10.8. The van der Waals surface area contributed by atoms with Crippen molar-refractivity contribution < 1.29 is 18.5 Å². The van der Waals surface area contributed by atoms with E-state index in [0.29, 0.717) is 10.0 Å². The molecule has 0 spiro atoms. The largest absolute Gasteiger partial charge is 0.478 e. The van der Waals surface area contributed by atoms with E-state index in [9.17, 15) is 13.4 Å². The van der Waals surface area contributed by atoms with Gasteiger partial charge >= 0.3 is 5.97 Å². The molecule has 0 aliphatic heterocycles. The van der Waals surface area contributed by atoms with E-state index < -0.39 is 16.8 Å². The summed E-state index contributed by atoms with van der Waals surface area (Å²) in [6.45, 7) is 0. The van der Waals surface area contributed by atoms with Gasteiger partial charge in [0, 0.05) is 26.6 Å². The molecule has 1 N–H and O–H groups in total. The predicted octanol–water partition coefficient (Wildman–Crippen LogP) is 3.74. The van der Waals surface area contributed by atoms with Crippen LogP contribution in [0.15, 0.2) is 46.9 Å². The molecule has 1 unspecified atom stereocenters. The van der Waals surface area contributed by atoms with E-state index in [1.165, 1.54) is 18.2 Å². The minimum absolute atomic E-state index is 0.125. The Balaban J connectivity index is 2.02. The molecule has 0 aliphatic rings. The van der Waals surface area contributed by atoms with Gasteiger partial charge in [-0.25, -0.2) is 9.18 Å². The van der Waals surface area contributed by atoms with Crippen LogP contribution in [0.4, 0.5) is 4.39 Å². The van der Waals surface area contributed by atoms with Crippen molar-refractivity contribution >= 4 is 32.7 Å². The lowest BCUT2D eigenvalue weighted by Gasteiger charge is -2.05. The summed E-state index contributed by atoms with van der Waals surface area (Å²) in [4.78, 5) is 10.7. The van der Waals surface area contributed by atoms with Crippen LogP contribution in [-0.2, 0) is 22.3 Å². The first-order valence-electron chi connectivity index (χ1n) is 6.07. The highest BCUT2D eigenvalue weighted by Crippen LogP contribution is 2.18. The number of rotatable bonds is 5. The van der Waals surface area contributed by atoms with Gasteiger partial charge in [-0.3, -0.25) is 4.21 Å². The number of halogens is 2. The molecule has 110 valence electrons. The second-order valence-electron chi connectivity index (χ2n) is 4.47. The van der Waals surface area contributed by atoms with Crippen LogP contribution in [0.3, 0.4) is 0 Å². The Morgan fingerprint density at radius 2 is 1.81 bits per heavy atom. The quantitative estimate of drug-likeness (QED) is 0.871. The van der Waals surface area contributed by atoms with Crippen molar-refractivity contribution in [3.63, 3.8) is 0 Å². The van der Waals surface area contributed by atoms with E-state index in [1.54, 1.807) is 24.3 Å². The highest BCUT2D eigenvalue weighted by atomic mass is 79.9. The van der Waals surface area contributed by atoms with E-state index in [1.807, 2.05) is 0 Å². The van der Waals surface area contributed by atoms with Crippen LogP contribution < -0.4 is 0 Å². The molecule has 3 nitrogen and oxygen atoms in total. The summed E-state index contributed by atoms with van der Waals surface area (Å²) >= 11 is 3.17. The maximum Gasteiger partial charge on any atom is 0.335 e. The first-order chi connectivity index (χ1) is 9.95. The topological polar surface area (TPSA) is 54.4 Å². The zero-order valence-electron chi connectivity index (χ0n) is 10.9. The Labute approximate surface area is 132 Å². The lowest BCUT2D eigenvalue weighted by atomic mass is 10.1. The summed E-state index contributed by atoms with van der Waals surface area (Å²) < 4.78 is 26.4. The van der Waals surface area contributed by atoms with Gasteiger partial charge in [-0.1, -0.05) is 34.1 Å². The zero-order valence-corrected chi connectivity index (χ0v) is 13.3. The van der Waals surface area contributed by atoms with Crippen molar-refractivity contribution in [1.29, 1.82) is 0 Å². The monoisotopic (exact) mass is 370 g/mol. The Morgan fingerprint density at radius 1 is 1.14 bits per heavy atom. The first-order valence-corrected chi connectivity index (χ1v) is 8.35. The Bertz CT molecular complexity index is 686. The van der Waals surface area contributed by atoms with E-state index in [2.05, 4.69) is 15.9 Å². The minimum atomic E-state index is -1.26. The highest BCUT2D eigenvalue weighted by Gasteiger charge is 2.09. The van der Waals surface area contributed by atoms with E-state index in [-0.39, 0.29) is 22.9 Å². The average Bonchev–Trinajstić information content (AvgIpc) is 2.42. The molecule has 0 saturated heterocycles. The lowest BCUT2D eigenvalue weighted by molar-refractivity contribution is 0.0697. The van der Waals surface area contributed by atoms with Gasteiger partial charge in [0.1, 0.15) is 5.82 Å². The molecular formula is C15H12BrFO3S. The lowest BCUT2D eigenvalue weighted by Crippen LogP contribution is -2.02. The van der Waals surface area contributed by atoms with Crippen molar-refractivity contribution in [1.82, 2.24) is 0 Å².